The number of piperazine rings is 1. The number of aryl methyl sites for hydroxylation is 1. The number of hydrogen-bond donors (Lipinski definition) is 0. The van der Waals surface area contributed by atoms with E-state index in [1.54, 1.807) is 0 Å². The van der Waals surface area contributed by atoms with E-state index < -0.39 is 25.9 Å². The van der Waals surface area contributed by atoms with Gasteiger partial charge in [-0.1, -0.05) is 12.8 Å². The molecule has 2 aliphatic rings. The zero-order valence-electron chi connectivity index (χ0n) is 14.2. The van der Waals surface area contributed by atoms with Crippen LogP contribution in [0.15, 0.2) is 23.1 Å². The van der Waals surface area contributed by atoms with E-state index in [-0.39, 0.29) is 41.9 Å². The second-order valence-corrected chi connectivity index (χ2v) is 10.8. The average molecular weight is 391 g/mol. The Morgan fingerprint density at radius 2 is 1.52 bits per heavy atom. The van der Waals surface area contributed by atoms with Crippen LogP contribution in [0.25, 0.3) is 0 Å². The molecule has 2 fully saturated rings. The van der Waals surface area contributed by atoms with Crippen molar-refractivity contribution in [1.82, 2.24) is 8.61 Å². The standard InChI is InChI=1S/C16H23FN2O4S2/c1-13-12-15(6-7-16(13)17)25(22,23)19-10-8-18(9-11-19)24(20,21)14-4-2-3-5-14/h6-7,12,14H,2-5,8-11H2,1H3. The Morgan fingerprint density at radius 1 is 0.960 bits per heavy atom. The molecule has 1 saturated heterocycles. The number of sulfonamides is 2. The van der Waals surface area contributed by atoms with Gasteiger partial charge in [0.1, 0.15) is 5.82 Å². The van der Waals surface area contributed by atoms with Gasteiger partial charge in [0.15, 0.2) is 0 Å². The first kappa shape index (κ1) is 18.8. The fraction of sp³-hybridized carbons (Fsp3) is 0.625. The van der Waals surface area contributed by atoms with Crippen molar-refractivity contribution in [3.8, 4) is 0 Å². The molecule has 25 heavy (non-hydrogen) atoms. The van der Waals surface area contributed by atoms with Crippen molar-refractivity contribution in [2.75, 3.05) is 26.2 Å². The van der Waals surface area contributed by atoms with Crippen molar-refractivity contribution in [3.63, 3.8) is 0 Å². The molecule has 3 rings (SSSR count). The Labute approximate surface area is 148 Å². The number of benzene rings is 1. The Balaban J connectivity index is 1.72. The van der Waals surface area contributed by atoms with Crippen molar-refractivity contribution in [2.24, 2.45) is 0 Å². The quantitative estimate of drug-likeness (QED) is 0.784. The van der Waals surface area contributed by atoms with E-state index in [4.69, 9.17) is 0 Å². The van der Waals surface area contributed by atoms with Crippen molar-refractivity contribution in [1.29, 1.82) is 0 Å². The molecule has 140 valence electrons. The summed E-state index contributed by atoms with van der Waals surface area (Å²) < 4.78 is 66.7. The summed E-state index contributed by atoms with van der Waals surface area (Å²) in [6.07, 6.45) is 3.25. The highest BCUT2D eigenvalue weighted by Gasteiger charge is 2.38. The summed E-state index contributed by atoms with van der Waals surface area (Å²) in [4.78, 5) is 0.0403. The van der Waals surface area contributed by atoms with Crippen LogP contribution >= 0.6 is 0 Å². The van der Waals surface area contributed by atoms with Crippen molar-refractivity contribution in [2.45, 2.75) is 42.8 Å². The maximum atomic E-state index is 13.4. The molecular formula is C16H23FN2O4S2. The molecule has 0 radical (unpaired) electrons. The van der Waals surface area contributed by atoms with Gasteiger partial charge >= 0.3 is 0 Å². The zero-order chi connectivity index (χ0) is 18.2. The highest BCUT2D eigenvalue weighted by molar-refractivity contribution is 7.90. The van der Waals surface area contributed by atoms with Gasteiger partial charge in [0.2, 0.25) is 20.0 Å². The molecule has 6 nitrogen and oxygen atoms in total. The SMILES string of the molecule is Cc1cc(S(=O)(=O)N2CCN(S(=O)(=O)C3CCCC3)CC2)ccc1F. The molecule has 0 unspecified atom stereocenters. The first-order chi connectivity index (χ1) is 11.7. The predicted molar refractivity (Wildman–Crippen MR) is 92.6 cm³/mol. The summed E-state index contributed by atoms with van der Waals surface area (Å²) in [5.74, 6) is -0.452. The van der Waals surface area contributed by atoms with E-state index in [9.17, 15) is 21.2 Å². The van der Waals surface area contributed by atoms with Crippen LogP contribution in [0.3, 0.4) is 0 Å². The van der Waals surface area contributed by atoms with Crippen LogP contribution in [0.1, 0.15) is 31.2 Å². The van der Waals surface area contributed by atoms with E-state index in [0.717, 1.165) is 18.9 Å². The highest BCUT2D eigenvalue weighted by Crippen LogP contribution is 2.28. The van der Waals surface area contributed by atoms with Gasteiger partial charge in [-0.05, 0) is 43.5 Å². The molecule has 0 atom stereocenters. The third kappa shape index (κ3) is 3.60. The van der Waals surface area contributed by atoms with E-state index in [0.29, 0.717) is 12.8 Å². The van der Waals surface area contributed by atoms with Crippen LogP contribution in [0.4, 0.5) is 4.39 Å². The van der Waals surface area contributed by atoms with Crippen LogP contribution in [-0.2, 0) is 20.0 Å². The summed E-state index contributed by atoms with van der Waals surface area (Å²) in [7, 11) is -7.09. The molecule has 0 bridgehead atoms. The maximum absolute atomic E-state index is 13.4. The molecule has 1 aromatic carbocycles. The normalized spacial score (nSPS) is 21.7. The lowest BCUT2D eigenvalue weighted by Gasteiger charge is -2.34. The van der Waals surface area contributed by atoms with E-state index >= 15 is 0 Å². The topological polar surface area (TPSA) is 74.8 Å². The van der Waals surface area contributed by atoms with E-state index in [1.807, 2.05) is 0 Å². The number of rotatable bonds is 4. The van der Waals surface area contributed by atoms with E-state index in [2.05, 4.69) is 0 Å². The zero-order valence-corrected chi connectivity index (χ0v) is 15.8. The fourth-order valence-electron chi connectivity index (χ4n) is 3.49. The monoisotopic (exact) mass is 390 g/mol. The summed E-state index contributed by atoms with van der Waals surface area (Å²) in [5.41, 5.74) is 0.267. The van der Waals surface area contributed by atoms with Crippen molar-refractivity contribution in [3.05, 3.63) is 29.6 Å². The molecule has 0 spiro atoms. The minimum Gasteiger partial charge on any atom is -0.212 e. The lowest BCUT2D eigenvalue weighted by Crippen LogP contribution is -2.52. The molecule has 0 amide bonds. The van der Waals surface area contributed by atoms with Crippen LogP contribution in [0, 0.1) is 12.7 Å². The van der Waals surface area contributed by atoms with Gasteiger partial charge in [-0.2, -0.15) is 8.61 Å². The maximum Gasteiger partial charge on any atom is 0.243 e. The largest absolute Gasteiger partial charge is 0.243 e. The molecule has 1 aliphatic heterocycles. The minimum atomic E-state index is -3.74. The molecule has 0 N–H and O–H groups in total. The third-order valence-corrected chi connectivity index (χ3v) is 9.34. The van der Waals surface area contributed by atoms with Crippen molar-refractivity contribution < 1.29 is 21.2 Å². The third-order valence-electron chi connectivity index (χ3n) is 5.05. The van der Waals surface area contributed by atoms with Crippen LogP contribution in [-0.4, -0.2) is 56.9 Å². The lowest BCUT2D eigenvalue weighted by atomic mass is 10.2. The van der Waals surface area contributed by atoms with E-state index in [1.165, 1.54) is 27.7 Å². The Kier molecular flexibility index (Phi) is 5.21. The van der Waals surface area contributed by atoms with Gasteiger partial charge in [-0.25, -0.2) is 21.2 Å². The van der Waals surface area contributed by atoms with Crippen LogP contribution in [0.2, 0.25) is 0 Å². The van der Waals surface area contributed by atoms with Crippen LogP contribution in [0.5, 0.6) is 0 Å². The van der Waals surface area contributed by atoms with Gasteiger partial charge < -0.3 is 0 Å². The van der Waals surface area contributed by atoms with Gasteiger partial charge in [-0.15, -0.1) is 0 Å². The molecule has 1 aliphatic carbocycles. The second kappa shape index (κ2) is 6.94. The Hall–Kier alpha value is -1.03. The summed E-state index contributed by atoms with van der Waals surface area (Å²) in [6.45, 7) is 2.08. The Bertz CT molecular complexity index is 841. The summed E-state index contributed by atoms with van der Waals surface area (Å²) in [5, 5.41) is -0.324. The molecule has 0 aromatic heterocycles. The van der Waals surface area contributed by atoms with Crippen LogP contribution < -0.4 is 0 Å². The number of nitrogens with zero attached hydrogens (tertiary/aromatic N) is 2. The Morgan fingerprint density at radius 3 is 2.08 bits per heavy atom. The van der Waals surface area contributed by atoms with Gasteiger partial charge in [0.25, 0.3) is 0 Å². The first-order valence-electron chi connectivity index (χ1n) is 8.48. The lowest BCUT2D eigenvalue weighted by molar-refractivity contribution is 0.270. The number of halogens is 1. The average Bonchev–Trinajstić information content (AvgIpc) is 3.13. The fourth-order valence-corrected chi connectivity index (χ4v) is 7.02. The number of hydrogen-bond acceptors (Lipinski definition) is 4. The summed E-state index contributed by atoms with van der Waals surface area (Å²) in [6, 6.07) is 3.70. The first-order valence-corrected chi connectivity index (χ1v) is 11.4. The molecule has 1 heterocycles. The highest BCUT2D eigenvalue weighted by atomic mass is 32.2. The van der Waals surface area contributed by atoms with Crippen molar-refractivity contribution >= 4 is 20.0 Å². The van der Waals surface area contributed by atoms with Gasteiger partial charge in [-0.3, -0.25) is 0 Å². The second-order valence-electron chi connectivity index (χ2n) is 6.67. The summed E-state index contributed by atoms with van der Waals surface area (Å²) >= 11 is 0. The van der Waals surface area contributed by atoms with Gasteiger partial charge in [0.05, 0.1) is 10.1 Å². The molecule has 9 heteroatoms. The molecule has 1 saturated carbocycles. The minimum absolute atomic E-state index is 0.0403. The molecular weight excluding hydrogens is 367 g/mol. The smallest absolute Gasteiger partial charge is 0.212 e. The predicted octanol–water partition coefficient (Wildman–Crippen LogP) is 1.71. The molecule has 1 aromatic rings. The van der Waals surface area contributed by atoms with Gasteiger partial charge in [0, 0.05) is 26.2 Å².